The first kappa shape index (κ1) is 35.2. The molecule has 13 aromatic rings. The molecule has 0 unspecified atom stereocenters. The highest BCUT2D eigenvalue weighted by Crippen LogP contribution is 2.44. The number of aromatic nitrogens is 5. The zero-order valence-electron chi connectivity index (χ0n) is 33.9. The predicted octanol–water partition coefficient (Wildman–Crippen LogP) is 14.6. The summed E-state index contributed by atoms with van der Waals surface area (Å²) in [6.45, 7) is 0. The largest absolute Gasteiger partial charge is 0.455 e. The summed E-state index contributed by atoms with van der Waals surface area (Å²) in [6.07, 6.45) is 0. The minimum Gasteiger partial charge on any atom is -0.455 e. The molecule has 0 saturated carbocycles. The van der Waals surface area contributed by atoms with E-state index in [0.717, 1.165) is 94.0 Å². The van der Waals surface area contributed by atoms with Crippen LogP contribution in [0.2, 0.25) is 0 Å². The lowest BCUT2D eigenvalue weighted by atomic mass is 10.0. The second-order valence-corrected chi connectivity index (χ2v) is 15.9. The molecule has 294 valence electrons. The molecule has 0 spiro atoms. The highest BCUT2D eigenvalue weighted by Gasteiger charge is 2.24. The van der Waals surface area contributed by atoms with Crippen LogP contribution in [0.15, 0.2) is 217 Å². The van der Waals surface area contributed by atoms with Crippen molar-refractivity contribution < 1.29 is 4.42 Å². The van der Waals surface area contributed by atoms with Crippen LogP contribution in [0.25, 0.3) is 122 Å². The van der Waals surface area contributed by atoms with Crippen LogP contribution >= 0.6 is 0 Å². The summed E-state index contributed by atoms with van der Waals surface area (Å²) in [5.41, 5.74) is 13.2. The molecular weight excluding hydrogens is 771 g/mol. The molecule has 0 aliphatic heterocycles. The van der Waals surface area contributed by atoms with E-state index in [9.17, 15) is 0 Å². The molecule has 13 rings (SSSR count). The van der Waals surface area contributed by atoms with E-state index < -0.39 is 0 Å². The molecule has 4 heterocycles. The smallest absolute Gasteiger partial charge is 0.166 e. The number of fused-ring (bicyclic) bond motifs is 9. The number of hydrogen-bond acceptors (Lipinski definition) is 4. The number of nitrogens with zero attached hydrogens (tertiary/aromatic N) is 5. The molecule has 0 aliphatic carbocycles. The Bertz CT molecular complexity index is 3850. The molecule has 0 amide bonds. The fourth-order valence-corrected chi connectivity index (χ4v) is 9.60. The average Bonchev–Trinajstić information content (AvgIpc) is 4.02. The van der Waals surface area contributed by atoms with Gasteiger partial charge in [-0.3, -0.25) is 0 Å². The Morgan fingerprint density at radius 1 is 0.333 bits per heavy atom. The van der Waals surface area contributed by atoms with Gasteiger partial charge in [0.1, 0.15) is 11.2 Å². The maximum absolute atomic E-state index is 6.52. The predicted molar refractivity (Wildman–Crippen MR) is 258 cm³/mol. The van der Waals surface area contributed by atoms with E-state index in [2.05, 4.69) is 173 Å². The number of benzene rings is 9. The summed E-state index contributed by atoms with van der Waals surface area (Å²) in [4.78, 5) is 15.5. The van der Waals surface area contributed by atoms with E-state index in [1.807, 2.05) is 48.5 Å². The van der Waals surface area contributed by atoms with Gasteiger partial charge in [0.05, 0.1) is 27.8 Å². The van der Waals surface area contributed by atoms with Crippen molar-refractivity contribution in [2.75, 3.05) is 0 Å². The monoisotopic (exact) mass is 805 g/mol. The molecule has 0 saturated heterocycles. The number of furan rings is 1. The third kappa shape index (κ3) is 5.48. The third-order valence-corrected chi connectivity index (χ3v) is 12.4. The lowest BCUT2D eigenvalue weighted by molar-refractivity contribution is 0.670. The Hall–Kier alpha value is -8.61. The lowest BCUT2D eigenvalue weighted by Crippen LogP contribution is -2.03. The number of para-hydroxylation sites is 6. The van der Waals surface area contributed by atoms with Gasteiger partial charge in [-0.25, -0.2) is 15.0 Å². The third-order valence-electron chi connectivity index (χ3n) is 12.4. The summed E-state index contributed by atoms with van der Waals surface area (Å²) >= 11 is 0. The molecule has 4 aromatic heterocycles. The van der Waals surface area contributed by atoms with Crippen LogP contribution in [-0.4, -0.2) is 24.1 Å². The molecule has 0 N–H and O–H groups in total. The van der Waals surface area contributed by atoms with Crippen molar-refractivity contribution in [1.29, 1.82) is 0 Å². The Morgan fingerprint density at radius 2 is 0.889 bits per heavy atom. The first-order valence-electron chi connectivity index (χ1n) is 21.2. The summed E-state index contributed by atoms with van der Waals surface area (Å²) in [7, 11) is 0. The zero-order chi connectivity index (χ0) is 41.4. The minimum atomic E-state index is 0.610. The number of rotatable bonds is 6. The number of hydrogen-bond donors (Lipinski definition) is 0. The van der Waals surface area contributed by atoms with Crippen LogP contribution in [0, 0.1) is 0 Å². The first-order valence-corrected chi connectivity index (χ1v) is 21.2. The second-order valence-electron chi connectivity index (χ2n) is 15.9. The van der Waals surface area contributed by atoms with E-state index in [1.165, 1.54) is 10.8 Å². The fourth-order valence-electron chi connectivity index (χ4n) is 9.60. The van der Waals surface area contributed by atoms with Crippen molar-refractivity contribution >= 4 is 65.6 Å². The zero-order valence-corrected chi connectivity index (χ0v) is 33.9. The Balaban J connectivity index is 1.09. The van der Waals surface area contributed by atoms with Crippen LogP contribution in [0.4, 0.5) is 0 Å². The fraction of sp³-hybridized carbons (Fsp3) is 0. The molecule has 0 radical (unpaired) electrons. The van der Waals surface area contributed by atoms with Gasteiger partial charge < -0.3 is 13.6 Å². The molecule has 0 fully saturated rings. The Morgan fingerprint density at radius 3 is 1.63 bits per heavy atom. The van der Waals surface area contributed by atoms with Gasteiger partial charge in [0.25, 0.3) is 0 Å². The SMILES string of the molecule is c1ccc(-c2nc(-c3ccccc3)nc(-c3cccc4c5cccc(-n6c7ccccc7c7cc(-c8cccc9c8oc8ccccc89)ccc76)c5n(-c5ccccc5)c34)n2)cc1. The van der Waals surface area contributed by atoms with E-state index in [1.54, 1.807) is 0 Å². The Kier molecular flexibility index (Phi) is 7.80. The van der Waals surface area contributed by atoms with Gasteiger partial charge in [0.2, 0.25) is 0 Å². The summed E-state index contributed by atoms with van der Waals surface area (Å²) in [6, 6.07) is 74.4. The molecule has 63 heavy (non-hydrogen) atoms. The van der Waals surface area contributed by atoms with Crippen LogP contribution in [0.1, 0.15) is 0 Å². The molecule has 0 atom stereocenters. The van der Waals surface area contributed by atoms with Gasteiger partial charge in [0, 0.05) is 60.3 Å². The molecule has 9 aromatic carbocycles. The highest BCUT2D eigenvalue weighted by atomic mass is 16.3. The van der Waals surface area contributed by atoms with E-state index in [-0.39, 0.29) is 0 Å². The van der Waals surface area contributed by atoms with Gasteiger partial charge in [-0.15, -0.1) is 0 Å². The molecule has 6 heteroatoms. The van der Waals surface area contributed by atoms with Crippen molar-refractivity contribution in [2.24, 2.45) is 0 Å². The maximum Gasteiger partial charge on any atom is 0.166 e. The average molecular weight is 806 g/mol. The van der Waals surface area contributed by atoms with Crippen LogP contribution < -0.4 is 0 Å². The van der Waals surface area contributed by atoms with Crippen LogP contribution in [-0.2, 0) is 0 Å². The van der Waals surface area contributed by atoms with Crippen LogP contribution in [0.3, 0.4) is 0 Å². The van der Waals surface area contributed by atoms with Crippen LogP contribution in [0.5, 0.6) is 0 Å². The minimum absolute atomic E-state index is 0.610. The van der Waals surface area contributed by atoms with Gasteiger partial charge in [-0.2, -0.15) is 0 Å². The van der Waals surface area contributed by atoms with Crippen molar-refractivity contribution in [1.82, 2.24) is 24.1 Å². The second kappa shape index (κ2) is 14.0. The highest BCUT2D eigenvalue weighted by molar-refractivity contribution is 6.18. The van der Waals surface area contributed by atoms with E-state index in [4.69, 9.17) is 19.4 Å². The van der Waals surface area contributed by atoms with E-state index in [0.29, 0.717) is 17.5 Å². The lowest BCUT2D eigenvalue weighted by Gasteiger charge is -2.15. The molecule has 6 nitrogen and oxygen atoms in total. The summed E-state index contributed by atoms with van der Waals surface area (Å²) in [5.74, 6) is 1.86. The van der Waals surface area contributed by atoms with Gasteiger partial charge in [0.15, 0.2) is 17.5 Å². The topological polar surface area (TPSA) is 61.7 Å². The van der Waals surface area contributed by atoms with Crippen molar-refractivity contribution in [2.45, 2.75) is 0 Å². The molecule has 0 aliphatic rings. The van der Waals surface area contributed by atoms with Gasteiger partial charge in [-0.1, -0.05) is 164 Å². The standard InChI is InChI=1S/C57H35N5O/c1-4-17-36(18-5-1)55-58-56(37-19-6-2-7-20-37)60-57(59-55)46-29-15-26-43-44-27-16-31-50(53(44)61(52(43)46)39-21-8-3-9-22-39)62-48-30-12-10-23-41(48)47-35-38(33-34-49(47)62)40-25-14-28-45-42-24-11-13-32-51(42)63-54(40)45/h1-35H. The van der Waals surface area contributed by atoms with Crippen molar-refractivity contribution in [3.05, 3.63) is 212 Å². The molecular formula is C57H35N5O. The summed E-state index contributed by atoms with van der Waals surface area (Å²) < 4.78 is 11.4. The maximum atomic E-state index is 6.52. The van der Waals surface area contributed by atoms with Gasteiger partial charge in [-0.05, 0) is 54.1 Å². The molecule has 0 bridgehead atoms. The summed E-state index contributed by atoms with van der Waals surface area (Å²) in [5, 5.41) is 6.84. The van der Waals surface area contributed by atoms with Crippen molar-refractivity contribution in [3.8, 4) is 56.7 Å². The first-order chi connectivity index (χ1) is 31.3. The van der Waals surface area contributed by atoms with Crippen molar-refractivity contribution in [3.63, 3.8) is 0 Å². The van der Waals surface area contributed by atoms with Gasteiger partial charge >= 0.3 is 0 Å². The quantitative estimate of drug-likeness (QED) is 0.168. The normalized spacial score (nSPS) is 11.8. The van der Waals surface area contributed by atoms with E-state index >= 15 is 0 Å². The Labute approximate surface area is 361 Å².